The third-order valence-corrected chi connectivity index (χ3v) is 8.18. The first-order chi connectivity index (χ1) is 17.3. The average Bonchev–Trinajstić information content (AvgIpc) is 3.30. The fourth-order valence-electron chi connectivity index (χ4n) is 4.16. The summed E-state index contributed by atoms with van der Waals surface area (Å²) in [5.41, 5.74) is 2.44. The number of fused-ring (bicyclic) bond motifs is 1. The van der Waals surface area contributed by atoms with Crippen LogP contribution < -0.4 is 10.2 Å². The molecule has 0 spiro atoms. The zero-order valence-corrected chi connectivity index (χ0v) is 20.7. The summed E-state index contributed by atoms with van der Waals surface area (Å²) in [5.74, 6) is -0.713. The van der Waals surface area contributed by atoms with Crippen LogP contribution in [-0.2, 0) is 16.6 Å². The molecule has 11 heteroatoms. The van der Waals surface area contributed by atoms with Crippen molar-refractivity contribution in [3.63, 3.8) is 0 Å². The van der Waals surface area contributed by atoms with Gasteiger partial charge in [0, 0.05) is 49.8 Å². The van der Waals surface area contributed by atoms with Crippen LogP contribution in [-0.4, -0.2) is 54.2 Å². The first-order valence-electron chi connectivity index (χ1n) is 11.3. The summed E-state index contributed by atoms with van der Waals surface area (Å²) in [4.78, 5) is 19.3. The highest BCUT2D eigenvalue weighted by molar-refractivity contribution is 7.89. The van der Waals surface area contributed by atoms with Crippen LogP contribution in [0.5, 0.6) is 0 Å². The molecule has 0 radical (unpaired) electrons. The van der Waals surface area contributed by atoms with Crippen molar-refractivity contribution in [1.29, 1.82) is 0 Å². The molecule has 1 saturated heterocycles. The Morgan fingerprint density at radius 3 is 2.50 bits per heavy atom. The number of amides is 1. The van der Waals surface area contributed by atoms with Gasteiger partial charge >= 0.3 is 0 Å². The van der Waals surface area contributed by atoms with E-state index in [-0.39, 0.29) is 35.9 Å². The van der Waals surface area contributed by atoms with E-state index >= 15 is 0 Å². The number of carbonyl (C=O) groups is 1. The number of piperazine rings is 1. The number of nitrogens with zero attached hydrogens (tertiary/aromatic N) is 4. The van der Waals surface area contributed by atoms with Crippen molar-refractivity contribution >= 4 is 38.9 Å². The molecule has 1 N–H and O–H groups in total. The van der Waals surface area contributed by atoms with Crippen molar-refractivity contribution in [2.75, 3.05) is 31.1 Å². The molecule has 1 aliphatic heterocycles. The van der Waals surface area contributed by atoms with Crippen LogP contribution in [0, 0.1) is 5.82 Å². The molecule has 1 amide bonds. The Hall–Kier alpha value is -3.47. The molecule has 0 saturated carbocycles. The third-order valence-electron chi connectivity index (χ3n) is 6.06. The van der Waals surface area contributed by atoms with E-state index in [9.17, 15) is 17.6 Å². The summed E-state index contributed by atoms with van der Waals surface area (Å²) in [6, 6.07) is 15.7. The minimum Gasteiger partial charge on any atom is -0.369 e. The first kappa shape index (κ1) is 24.2. The standard InChI is InChI=1S/C25H23ClFN5O3S/c26-19-4-9-24-29-21(17-31(24)16-19)15-28-25(33)18-2-1-3-23(14-18)36(34,35)32-12-10-30(11-13-32)22-7-5-20(27)6-8-22/h1-9,14,16-17H,10-13,15H2,(H,28,33). The fraction of sp³-hybridized carbons (Fsp3) is 0.200. The van der Waals surface area contributed by atoms with E-state index in [2.05, 4.69) is 10.3 Å². The molecule has 0 aliphatic carbocycles. The number of halogens is 2. The van der Waals surface area contributed by atoms with Crippen LogP contribution in [0.15, 0.2) is 78.0 Å². The summed E-state index contributed by atoms with van der Waals surface area (Å²) in [5, 5.41) is 3.36. The number of carbonyl (C=O) groups excluding carboxylic acids is 1. The second kappa shape index (κ2) is 9.88. The van der Waals surface area contributed by atoms with E-state index < -0.39 is 15.9 Å². The Bertz CT molecular complexity index is 1520. The number of aromatic nitrogens is 2. The molecule has 0 atom stereocenters. The summed E-state index contributed by atoms with van der Waals surface area (Å²) in [6.07, 6.45) is 3.50. The number of imidazole rings is 1. The maximum absolute atomic E-state index is 13.3. The van der Waals surface area contributed by atoms with Crippen molar-refractivity contribution in [3.05, 3.63) is 95.2 Å². The minimum absolute atomic E-state index is 0.0627. The largest absolute Gasteiger partial charge is 0.369 e. The van der Waals surface area contributed by atoms with Crippen molar-refractivity contribution < 1.29 is 17.6 Å². The number of anilines is 1. The van der Waals surface area contributed by atoms with Crippen molar-refractivity contribution in [2.24, 2.45) is 0 Å². The number of rotatable bonds is 6. The van der Waals surface area contributed by atoms with E-state index in [4.69, 9.17) is 11.6 Å². The molecule has 1 aliphatic rings. The highest BCUT2D eigenvalue weighted by Gasteiger charge is 2.29. The molecule has 3 heterocycles. The van der Waals surface area contributed by atoms with Gasteiger partial charge in [-0.3, -0.25) is 4.79 Å². The lowest BCUT2D eigenvalue weighted by atomic mass is 10.2. The predicted octanol–water partition coefficient (Wildman–Crippen LogP) is 3.57. The number of nitrogens with one attached hydrogen (secondary N) is 1. The van der Waals surface area contributed by atoms with Crippen LogP contribution in [0.3, 0.4) is 0 Å². The first-order valence-corrected chi connectivity index (χ1v) is 13.1. The Morgan fingerprint density at radius 1 is 1.00 bits per heavy atom. The summed E-state index contributed by atoms with van der Waals surface area (Å²) in [7, 11) is -3.78. The smallest absolute Gasteiger partial charge is 0.251 e. The van der Waals surface area contributed by atoms with Crippen LogP contribution in [0.1, 0.15) is 16.1 Å². The Kier molecular flexibility index (Phi) is 6.65. The van der Waals surface area contributed by atoms with Gasteiger partial charge in [0.05, 0.1) is 22.2 Å². The van der Waals surface area contributed by atoms with E-state index in [0.29, 0.717) is 29.5 Å². The van der Waals surface area contributed by atoms with Crippen LogP contribution in [0.4, 0.5) is 10.1 Å². The average molecular weight is 528 g/mol. The lowest BCUT2D eigenvalue weighted by Gasteiger charge is -2.35. The number of sulfonamides is 1. The highest BCUT2D eigenvalue weighted by Crippen LogP contribution is 2.22. The van der Waals surface area contributed by atoms with Gasteiger partial charge in [0.2, 0.25) is 10.0 Å². The van der Waals surface area contributed by atoms with Gasteiger partial charge in [-0.05, 0) is 54.6 Å². The van der Waals surface area contributed by atoms with E-state index in [1.54, 1.807) is 53.2 Å². The van der Waals surface area contributed by atoms with Gasteiger partial charge in [-0.25, -0.2) is 17.8 Å². The molecule has 0 bridgehead atoms. The second-order valence-corrected chi connectivity index (χ2v) is 10.8. The SMILES string of the molecule is O=C(NCc1cn2cc(Cl)ccc2n1)c1cccc(S(=O)(=O)N2CCN(c3ccc(F)cc3)CC2)c1. The van der Waals surface area contributed by atoms with Gasteiger partial charge in [-0.15, -0.1) is 0 Å². The number of hydrogen-bond acceptors (Lipinski definition) is 5. The highest BCUT2D eigenvalue weighted by atomic mass is 35.5. The van der Waals surface area contributed by atoms with Crippen LogP contribution >= 0.6 is 11.6 Å². The molecule has 1 fully saturated rings. The maximum atomic E-state index is 13.3. The third kappa shape index (κ3) is 5.06. The molecule has 0 unspecified atom stereocenters. The van der Waals surface area contributed by atoms with Crippen LogP contribution in [0.25, 0.3) is 5.65 Å². The monoisotopic (exact) mass is 527 g/mol. The molecule has 8 nitrogen and oxygen atoms in total. The number of pyridine rings is 1. The van der Waals surface area contributed by atoms with Crippen molar-refractivity contribution in [2.45, 2.75) is 11.4 Å². The quantitative estimate of drug-likeness (QED) is 0.414. The van der Waals surface area contributed by atoms with Crippen molar-refractivity contribution in [3.8, 4) is 0 Å². The lowest BCUT2D eigenvalue weighted by Crippen LogP contribution is -2.48. The summed E-state index contributed by atoms with van der Waals surface area (Å²) in [6.45, 7) is 1.72. The normalized spacial score (nSPS) is 14.8. The summed E-state index contributed by atoms with van der Waals surface area (Å²) < 4.78 is 42.9. The van der Waals surface area contributed by atoms with E-state index in [1.807, 2.05) is 4.90 Å². The molecule has 2 aromatic heterocycles. The molecule has 4 aromatic rings. The van der Waals surface area contributed by atoms with E-state index in [0.717, 1.165) is 5.69 Å². The molecular weight excluding hydrogens is 505 g/mol. The molecule has 186 valence electrons. The molecular formula is C25H23ClFN5O3S. The second-order valence-electron chi connectivity index (χ2n) is 8.42. The van der Waals surface area contributed by atoms with Crippen molar-refractivity contribution in [1.82, 2.24) is 19.0 Å². The Labute approximate surface area is 213 Å². The van der Waals surface area contributed by atoms with Gasteiger partial charge in [0.25, 0.3) is 5.91 Å². The topological polar surface area (TPSA) is 87.0 Å². The number of benzene rings is 2. The maximum Gasteiger partial charge on any atom is 0.251 e. The molecule has 2 aromatic carbocycles. The van der Waals surface area contributed by atoms with Gasteiger partial charge in [-0.1, -0.05) is 17.7 Å². The van der Waals surface area contributed by atoms with Gasteiger partial charge in [-0.2, -0.15) is 4.31 Å². The minimum atomic E-state index is -3.78. The fourth-order valence-corrected chi connectivity index (χ4v) is 5.80. The molecule has 36 heavy (non-hydrogen) atoms. The van der Waals surface area contributed by atoms with E-state index in [1.165, 1.54) is 28.6 Å². The van der Waals surface area contributed by atoms with Gasteiger partial charge < -0.3 is 14.6 Å². The zero-order valence-electron chi connectivity index (χ0n) is 19.1. The summed E-state index contributed by atoms with van der Waals surface area (Å²) >= 11 is 6.00. The van der Waals surface area contributed by atoms with Crippen LogP contribution in [0.2, 0.25) is 5.02 Å². The van der Waals surface area contributed by atoms with Gasteiger partial charge in [0.15, 0.2) is 0 Å². The Balaban J connectivity index is 1.24. The van der Waals surface area contributed by atoms with Gasteiger partial charge in [0.1, 0.15) is 11.5 Å². The molecule has 5 rings (SSSR count). The zero-order chi connectivity index (χ0) is 25.3. The number of hydrogen-bond donors (Lipinski definition) is 1. The predicted molar refractivity (Wildman–Crippen MR) is 135 cm³/mol. The lowest BCUT2D eigenvalue weighted by molar-refractivity contribution is 0.0950. The Morgan fingerprint density at radius 2 is 1.75 bits per heavy atom.